The molecule has 3 aromatic rings. The normalized spacial score (nSPS) is 16.4. The summed E-state index contributed by atoms with van der Waals surface area (Å²) in [6.07, 6.45) is 6.62. The van der Waals surface area contributed by atoms with Crippen LogP contribution in [0.25, 0.3) is 22.0 Å². The largest absolute Gasteiger partial charge is 0.331 e. The van der Waals surface area contributed by atoms with Gasteiger partial charge in [-0.2, -0.15) is 0 Å². The quantitative estimate of drug-likeness (QED) is 0.739. The Labute approximate surface area is 157 Å². The van der Waals surface area contributed by atoms with E-state index in [4.69, 9.17) is 0 Å². The monoisotopic (exact) mass is 366 g/mol. The molecule has 2 aromatic heterocycles. The topological polar surface area (TPSA) is 59.8 Å². The molecule has 1 aliphatic rings. The van der Waals surface area contributed by atoms with Gasteiger partial charge >= 0.3 is 0 Å². The molecule has 0 atom stereocenters. The molecule has 1 fully saturated rings. The van der Waals surface area contributed by atoms with E-state index in [0.717, 1.165) is 47.1 Å². The second kappa shape index (κ2) is 6.76. The first kappa shape index (κ1) is 17.6. The van der Waals surface area contributed by atoms with Crippen LogP contribution in [0.5, 0.6) is 0 Å². The lowest BCUT2D eigenvalue weighted by Crippen LogP contribution is -2.40. The van der Waals surface area contributed by atoms with Gasteiger partial charge in [-0.25, -0.2) is 14.4 Å². The molecular formula is C21H23FN4O. The number of carbonyl (C=O) groups excluding carboxylic acids is 1. The van der Waals surface area contributed by atoms with E-state index in [1.807, 2.05) is 42.9 Å². The van der Waals surface area contributed by atoms with Crippen LogP contribution in [-0.4, -0.2) is 26.1 Å². The standard InChI is InChI=1S/C21H23FN4O/c1-14-23-13-18(26(14)2)15-6-7-16-12-24-19(11-17(16)10-15)25-20(27)21(22)8-4-3-5-9-21/h6-7,10-13H,3-5,8-9H2,1-2H3,(H,24,25,27). The van der Waals surface area contributed by atoms with Crippen molar-refractivity contribution >= 4 is 22.5 Å². The number of aryl methyl sites for hydroxylation is 1. The summed E-state index contributed by atoms with van der Waals surface area (Å²) in [6.45, 7) is 1.96. The summed E-state index contributed by atoms with van der Waals surface area (Å²) in [5.41, 5.74) is 0.271. The highest BCUT2D eigenvalue weighted by atomic mass is 19.1. The predicted molar refractivity (Wildman–Crippen MR) is 104 cm³/mol. The second-order valence-corrected chi connectivity index (χ2v) is 7.36. The molecule has 1 amide bonds. The number of anilines is 1. The number of alkyl halides is 1. The predicted octanol–water partition coefficient (Wildman–Crippen LogP) is 4.55. The van der Waals surface area contributed by atoms with Gasteiger partial charge in [-0.05, 0) is 50.1 Å². The number of nitrogens with one attached hydrogen (secondary N) is 1. The molecule has 0 saturated heterocycles. The van der Waals surface area contributed by atoms with Crippen molar-refractivity contribution in [2.24, 2.45) is 7.05 Å². The number of nitrogens with zero attached hydrogens (tertiary/aromatic N) is 3. The molecule has 1 aliphatic carbocycles. The fourth-order valence-electron chi connectivity index (χ4n) is 3.71. The van der Waals surface area contributed by atoms with Crippen molar-refractivity contribution in [2.45, 2.75) is 44.7 Å². The molecule has 0 radical (unpaired) electrons. The lowest BCUT2D eigenvalue weighted by molar-refractivity contribution is -0.129. The van der Waals surface area contributed by atoms with Crippen molar-refractivity contribution in [1.29, 1.82) is 0 Å². The minimum absolute atomic E-state index is 0.288. The van der Waals surface area contributed by atoms with Crippen LogP contribution in [0.3, 0.4) is 0 Å². The van der Waals surface area contributed by atoms with Crippen LogP contribution < -0.4 is 5.32 Å². The Hall–Kier alpha value is -2.76. The van der Waals surface area contributed by atoms with E-state index in [2.05, 4.69) is 15.3 Å². The van der Waals surface area contributed by atoms with Crippen LogP contribution in [0.15, 0.2) is 36.7 Å². The summed E-state index contributed by atoms with van der Waals surface area (Å²) in [7, 11) is 1.98. The Bertz CT molecular complexity index is 1000. The van der Waals surface area contributed by atoms with Crippen molar-refractivity contribution in [3.63, 3.8) is 0 Å². The fourth-order valence-corrected chi connectivity index (χ4v) is 3.71. The summed E-state index contributed by atoms with van der Waals surface area (Å²) < 4.78 is 16.9. The molecule has 0 aliphatic heterocycles. The van der Waals surface area contributed by atoms with Gasteiger partial charge in [0, 0.05) is 24.2 Å². The molecule has 5 nitrogen and oxygen atoms in total. The van der Waals surface area contributed by atoms with E-state index in [-0.39, 0.29) is 12.8 Å². The molecule has 1 saturated carbocycles. The first-order chi connectivity index (χ1) is 13.0. The summed E-state index contributed by atoms with van der Waals surface area (Å²) in [4.78, 5) is 21.0. The SMILES string of the molecule is Cc1ncc(-c2ccc3cnc(NC(=O)C4(F)CCCCC4)cc3c2)n1C. The molecular weight excluding hydrogens is 343 g/mol. The molecule has 0 spiro atoms. The van der Waals surface area contributed by atoms with E-state index >= 15 is 0 Å². The first-order valence-corrected chi connectivity index (χ1v) is 9.35. The molecule has 1 N–H and O–H groups in total. The lowest BCUT2D eigenvalue weighted by atomic mass is 9.86. The highest BCUT2D eigenvalue weighted by Gasteiger charge is 2.39. The zero-order valence-corrected chi connectivity index (χ0v) is 15.6. The number of benzene rings is 1. The third kappa shape index (κ3) is 3.31. The third-order valence-electron chi connectivity index (χ3n) is 5.53. The fraction of sp³-hybridized carbons (Fsp3) is 0.381. The number of amides is 1. The Kier molecular flexibility index (Phi) is 4.42. The van der Waals surface area contributed by atoms with Gasteiger partial charge in [0.25, 0.3) is 5.91 Å². The second-order valence-electron chi connectivity index (χ2n) is 7.36. The molecule has 0 bridgehead atoms. The zero-order chi connectivity index (χ0) is 19.0. The molecule has 1 aromatic carbocycles. The van der Waals surface area contributed by atoms with Crippen LogP contribution in [0.1, 0.15) is 37.9 Å². The number of halogens is 1. The smallest absolute Gasteiger partial charge is 0.263 e. The summed E-state index contributed by atoms with van der Waals surface area (Å²) in [5, 5.41) is 4.58. The Morgan fingerprint density at radius 3 is 2.59 bits per heavy atom. The maximum Gasteiger partial charge on any atom is 0.263 e. The number of pyridine rings is 1. The van der Waals surface area contributed by atoms with Crippen LogP contribution >= 0.6 is 0 Å². The maximum atomic E-state index is 14.8. The first-order valence-electron chi connectivity index (χ1n) is 9.35. The number of aromatic nitrogens is 3. The number of hydrogen-bond acceptors (Lipinski definition) is 3. The van der Waals surface area contributed by atoms with Gasteiger partial charge in [-0.1, -0.05) is 18.6 Å². The van der Waals surface area contributed by atoms with Crippen molar-refractivity contribution in [1.82, 2.24) is 14.5 Å². The van der Waals surface area contributed by atoms with E-state index in [0.29, 0.717) is 5.82 Å². The lowest BCUT2D eigenvalue weighted by Gasteiger charge is -2.27. The van der Waals surface area contributed by atoms with Gasteiger partial charge in [-0.15, -0.1) is 0 Å². The number of rotatable bonds is 3. The van der Waals surface area contributed by atoms with Gasteiger partial charge in [0.05, 0.1) is 11.9 Å². The molecule has 4 rings (SSSR count). The van der Waals surface area contributed by atoms with Gasteiger partial charge in [-0.3, -0.25) is 4.79 Å². The van der Waals surface area contributed by atoms with Crippen LogP contribution in [0.4, 0.5) is 10.2 Å². The molecule has 2 heterocycles. The molecule has 140 valence electrons. The molecule has 27 heavy (non-hydrogen) atoms. The number of imidazole rings is 1. The van der Waals surface area contributed by atoms with Crippen molar-refractivity contribution in [3.05, 3.63) is 42.5 Å². The van der Waals surface area contributed by atoms with E-state index in [1.54, 1.807) is 12.3 Å². The van der Waals surface area contributed by atoms with Crippen LogP contribution in [0.2, 0.25) is 0 Å². The summed E-state index contributed by atoms with van der Waals surface area (Å²) >= 11 is 0. The van der Waals surface area contributed by atoms with E-state index in [1.165, 1.54) is 0 Å². The Morgan fingerprint density at radius 1 is 1.11 bits per heavy atom. The van der Waals surface area contributed by atoms with Crippen molar-refractivity contribution in [3.8, 4) is 11.3 Å². The number of carbonyl (C=O) groups is 1. The van der Waals surface area contributed by atoms with Gasteiger partial charge in [0.15, 0.2) is 5.67 Å². The number of hydrogen-bond donors (Lipinski definition) is 1. The van der Waals surface area contributed by atoms with Gasteiger partial charge < -0.3 is 9.88 Å². The van der Waals surface area contributed by atoms with E-state index in [9.17, 15) is 9.18 Å². The van der Waals surface area contributed by atoms with Gasteiger partial charge in [0.2, 0.25) is 0 Å². The average molecular weight is 366 g/mol. The maximum absolute atomic E-state index is 14.8. The van der Waals surface area contributed by atoms with Gasteiger partial charge in [0.1, 0.15) is 11.6 Å². The minimum Gasteiger partial charge on any atom is -0.331 e. The zero-order valence-electron chi connectivity index (χ0n) is 15.6. The highest BCUT2D eigenvalue weighted by Crippen LogP contribution is 2.33. The van der Waals surface area contributed by atoms with Crippen LogP contribution in [-0.2, 0) is 11.8 Å². The Balaban J connectivity index is 1.63. The van der Waals surface area contributed by atoms with Crippen molar-refractivity contribution in [2.75, 3.05) is 5.32 Å². The Morgan fingerprint density at radius 2 is 1.89 bits per heavy atom. The summed E-state index contributed by atoms with van der Waals surface area (Å²) in [5.74, 6) is 0.745. The highest BCUT2D eigenvalue weighted by molar-refractivity contribution is 5.98. The minimum atomic E-state index is -1.77. The number of fused-ring (bicyclic) bond motifs is 1. The van der Waals surface area contributed by atoms with E-state index < -0.39 is 11.6 Å². The third-order valence-corrected chi connectivity index (χ3v) is 5.53. The van der Waals surface area contributed by atoms with Crippen molar-refractivity contribution < 1.29 is 9.18 Å². The average Bonchev–Trinajstić information content (AvgIpc) is 3.00. The van der Waals surface area contributed by atoms with Crippen LogP contribution in [0, 0.1) is 6.92 Å². The molecule has 0 unspecified atom stereocenters. The summed E-state index contributed by atoms with van der Waals surface area (Å²) in [6, 6.07) is 7.85. The molecule has 6 heteroatoms.